The van der Waals surface area contributed by atoms with Gasteiger partial charge in [-0.25, -0.2) is 0 Å². The summed E-state index contributed by atoms with van der Waals surface area (Å²) in [5.74, 6) is 0.692. The van der Waals surface area contributed by atoms with Crippen LogP contribution in [0.15, 0.2) is 58.9 Å². The van der Waals surface area contributed by atoms with Gasteiger partial charge in [0.1, 0.15) is 5.75 Å². The molecule has 0 saturated heterocycles. The molecule has 1 aromatic heterocycles. The summed E-state index contributed by atoms with van der Waals surface area (Å²) in [6, 6.07) is 17.1. The molecule has 0 bridgehead atoms. The average molecular weight is 401 g/mol. The van der Waals surface area contributed by atoms with E-state index >= 15 is 0 Å². The van der Waals surface area contributed by atoms with Crippen molar-refractivity contribution >= 4 is 45.5 Å². The van der Waals surface area contributed by atoms with Crippen LogP contribution in [0.3, 0.4) is 0 Å². The van der Waals surface area contributed by atoms with E-state index in [0.717, 1.165) is 21.5 Å². The molecule has 3 rings (SSSR count). The fourth-order valence-corrected chi connectivity index (χ4v) is 4.15. The fourth-order valence-electron chi connectivity index (χ4n) is 2.24. The molecule has 8 heteroatoms. The van der Waals surface area contributed by atoms with E-state index in [-0.39, 0.29) is 11.2 Å². The van der Waals surface area contributed by atoms with Crippen molar-refractivity contribution in [3.8, 4) is 5.75 Å². The van der Waals surface area contributed by atoms with E-state index < -0.39 is 0 Å². The Hall–Kier alpha value is -2.58. The number of nitrogens with one attached hydrogen (secondary N) is 2. The van der Waals surface area contributed by atoms with Crippen LogP contribution >= 0.6 is 23.1 Å². The quantitative estimate of drug-likeness (QED) is 0.529. The number of thioether (sulfide) groups is 1. The number of carbonyl (C=O) groups is 1. The maximum atomic E-state index is 12.3. The first-order chi connectivity index (χ1) is 13.2. The number of carbonyl (C=O) groups excluding carboxylic acids is 1. The molecule has 0 fully saturated rings. The van der Waals surface area contributed by atoms with Crippen LogP contribution < -0.4 is 15.4 Å². The minimum absolute atomic E-state index is 0.0717. The van der Waals surface area contributed by atoms with E-state index in [4.69, 9.17) is 4.74 Å². The number of amides is 1. The molecule has 0 saturated carbocycles. The number of para-hydroxylation sites is 3. The lowest BCUT2D eigenvalue weighted by molar-refractivity contribution is -0.115. The number of hydrogen-bond donors (Lipinski definition) is 2. The number of rotatable bonds is 8. The van der Waals surface area contributed by atoms with Gasteiger partial charge in [-0.2, -0.15) is 0 Å². The predicted octanol–water partition coefficient (Wildman–Crippen LogP) is 4.80. The van der Waals surface area contributed by atoms with Gasteiger partial charge < -0.3 is 15.4 Å². The summed E-state index contributed by atoms with van der Waals surface area (Å²) in [5.41, 5.74) is 1.61. The zero-order chi connectivity index (χ0) is 19.1. The summed E-state index contributed by atoms with van der Waals surface area (Å²) in [4.78, 5) is 12.3. The maximum Gasteiger partial charge on any atom is 0.237 e. The van der Waals surface area contributed by atoms with Crippen LogP contribution in [-0.4, -0.2) is 28.0 Å². The van der Waals surface area contributed by atoms with E-state index in [0.29, 0.717) is 11.7 Å². The van der Waals surface area contributed by atoms with Gasteiger partial charge in [0.25, 0.3) is 0 Å². The molecule has 0 spiro atoms. The van der Waals surface area contributed by atoms with Crippen LogP contribution in [0.1, 0.15) is 13.8 Å². The van der Waals surface area contributed by atoms with Crippen molar-refractivity contribution in [3.05, 3.63) is 54.6 Å². The molecule has 6 nitrogen and oxygen atoms in total. The summed E-state index contributed by atoms with van der Waals surface area (Å²) < 4.78 is 6.33. The Morgan fingerprint density at radius 1 is 1.15 bits per heavy atom. The Morgan fingerprint density at radius 2 is 1.89 bits per heavy atom. The highest BCUT2D eigenvalue weighted by molar-refractivity contribution is 8.02. The maximum absolute atomic E-state index is 12.3. The first-order valence-corrected chi connectivity index (χ1v) is 10.2. The standard InChI is InChI=1S/C19H20N4O2S2/c1-3-25-16-12-8-7-11-15(16)21-18-22-23-19(27-18)26-13(2)17(24)20-14-9-5-4-6-10-14/h4-13H,3H2,1-2H3,(H,20,24)(H,21,22)/t13-/m1/s1. The van der Waals surface area contributed by atoms with Crippen molar-refractivity contribution in [2.45, 2.75) is 23.4 Å². The Balaban J connectivity index is 1.60. The second kappa shape index (κ2) is 9.38. The molecule has 0 aliphatic heterocycles. The first-order valence-electron chi connectivity index (χ1n) is 8.50. The van der Waals surface area contributed by atoms with Crippen LogP contribution in [0.4, 0.5) is 16.5 Å². The number of hydrogen-bond acceptors (Lipinski definition) is 7. The predicted molar refractivity (Wildman–Crippen MR) is 111 cm³/mol. The van der Waals surface area contributed by atoms with Crippen molar-refractivity contribution in [2.75, 3.05) is 17.2 Å². The van der Waals surface area contributed by atoms with Crippen LogP contribution in [0.5, 0.6) is 5.75 Å². The van der Waals surface area contributed by atoms with Gasteiger partial charge in [0.2, 0.25) is 11.0 Å². The van der Waals surface area contributed by atoms with Crippen LogP contribution in [0, 0.1) is 0 Å². The lowest BCUT2D eigenvalue weighted by Gasteiger charge is -2.10. The van der Waals surface area contributed by atoms with Gasteiger partial charge in [-0.3, -0.25) is 4.79 Å². The molecule has 0 radical (unpaired) electrons. The first kappa shape index (κ1) is 19.2. The van der Waals surface area contributed by atoms with Gasteiger partial charge in [0, 0.05) is 5.69 Å². The van der Waals surface area contributed by atoms with Gasteiger partial charge in [0.15, 0.2) is 4.34 Å². The lowest BCUT2D eigenvalue weighted by atomic mass is 10.3. The molecule has 2 aromatic carbocycles. The molecular weight excluding hydrogens is 380 g/mol. The molecule has 3 aromatic rings. The minimum Gasteiger partial charge on any atom is -0.492 e. The second-order valence-corrected chi connectivity index (χ2v) is 8.11. The Morgan fingerprint density at radius 3 is 2.67 bits per heavy atom. The van der Waals surface area contributed by atoms with Gasteiger partial charge in [-0.05, 0) is 38.1 Å². The third kappa shape index (κ3) is 5.45. The number of ether oxygens (including phenoxy) is 1. The van der Waals surface area contributed by atoms with Gasteiger partial charge in [-0.1, -0.05) is 53.4 Å². The third-order valence-electron chi connectivity index (χ3n) is 3.52. The topological polar surface area (TPSA) is 76.1 Å². The van der Waals surface area contributed by atoms with E-state index in [2.05, 4.69) is 20.8 Å². The van der Waals surface area contributed by atoms with Crippen molar-refractivity contribution in [1.29, 1.82) is 0 Å². The number of benzene rings is 2. The van der Waals surface area contributed by atoms with E-state index in [9.17, 15) is 4.79 Å². The zero-order valence-corrected chi connectivity index (χ0v) is 16.6. The van der Waals surface area contributed by atoms with Crippen molar-refractivity contribution in [2.24, 2.45) is 0 Å². The highest BCUT2D eigenvalue weighted by Gasteiger charge is 2.17. The van der Waals surface area contributed by atoms with Gasteiger partial charge in [0.05, 0.1) is 17.5 Å². The summed E-state index contributed by atoms with van der Waals surface area (Å²) in [5, 5.41) is 14.8. The molecule has 2 N–H and O–H groups in total. The van der Waals surface area contributed by atoms with Crippen LogP contribution in [0.2, 0.25) is 0 Å². The van der Waals surface area contributed by atoms with Gasteiger partial charge in [-0.15, -0.1) is 10.2 Å². The molecule has 0 aliphatic carbocycles. The second-order valence-electron chi connectivity index (χ2n) is 5.54. The molecule has 0 aliphatic rings. The highest BCUT2D eigenvalue weighted by atomic mass is 32.2. The molecule has 1 amide bonds. The van der Waals surface area contributed by atoms with E-state index in [1.165, 1.54) is 23.1 Å². The monoisotopic (exact) mass is 400 g/mol. The van der Waals surface area contributed by atoms with Crippen molar-refractivity contribution in [1.82, 2.24) is 10.2 Å². The lowest BCUT2D eigenvalue weighted by Crippen LogP contribution is -2.22. The molecule has 1 heterocycles. The molecule has 0 unspecified atom stereocenters. The summed E-state index contributed by atoms with van der Waals surface area (Å²) >= 11 is 2.78. The summed E-state index contributed by atoms with van der Waals surface area (Å²) in [7, 11) is 0. The largest absolute Gasteiger partial charge is 0.492 e. The van der Waals surface area contributed by atoms with Crippen molar-refractivity contribution < 1.29 is 9.53 Å². The number of anilines is 3. The fraction of sp³-hybridized carbons (Fsp3) is 0.211. The molecule has 140 valence electrons. The molecule has 1 atom stereocenters. The zero-order valence-electron chi connectivity index (χ0n) is 15.0. The molecule has 27 heavy (non-hydrogen) atoms. The van der Waals surface area contributed by atoms with Crippen LogP contribution in [0.25, 0.3) is 0 Å². The molecular formula is C19H20N4O2S2. The summed E-state index contributed by atoms with van der Waals surface area (Å²) in [6.07, 6.45) is 0. The summed E-state index contributed by atoms with van der Waals surface area (Å²) in [6.45, 7) is 4.38. The van der Waals surface area contributed by atoms with Crippen molar-refractivity contribution in [3.63, 3.8) is 0 Å². The Kier molecular flexibility index (Phi) is 6.67. The number of aromatic nitrogens is 2. The number of nitrogens with zero attached hydrogens (tertiary/aromatic N) is 2. The smallest absolute Gasteiger partial charge is 0.237 e. The van der Waals surface area contributed by atoms with E-state index in [1.54, 1.807) is 0 Å². The Labute approximate surface area is 166 Å². The third-order valence-corrected chi connectivity index (χ3v) is 5.55. The SMILES string of the molecule is CCOc1ccccc1Nc1nnc(S[C@H](C)C(=O)Nc2ccccc2)s1. The van der Waals surface area contributed by atoms with E-state index in [1.807, 2.05) is 68.4 Å². The highest BCUT2D eigenvalue weighted by Crippen LogP contribution is 2.33. The van der Waals surface area contributed by atoms with Crippen LogP contribution in [-0.2, 0) is 4.79 Å². The van der Waals surface area contributed by atoms with Gasteiger partial charge >= 0.3 is 0 Å². The normalized spacial score (nSPS) is 11.6. The average Bonchev–Trinajstić information content (AvgIpc) is 3.11. The Bertz CT molecular complexity index is 886. The minimum atomic E-state index is -0.290.